The highest BCUT2D eigenvalue weighted by atomic mass is 32.2. The summed E-state index contributed by atoms with van der Waals surface area (Å²) in [5.74, 6) is 1.91. The molecule has 0 spiro atoms. The van der Waals surface area contributed by atoms with Crippen LogP contribution in [0.5, 0.6) is 0 Å². The van der Waals surface area contributed by atoms with E-state index >= 15 is 0 Å². The molecule has 0 radical (unpaired) electrons. The Labute approximate surface area is 140 Å². The molecular weight excluding hydrogens is 312 g/mol. The highest BCUT2D eigenvalue weighted by Gasteiger charge is 1.99. The SMILES string of the molecule is CN=C(NCCCSc1nccs1)NCc1cccc(C)c1. The van der Waals surface area contributed by atoms with Crippen LogP contribution >= 0.6 is 23.1 Å². The number of aromatic nitrogens is 1. The molecule has 4 nitrogen and oxygen atoms in total. The number of nitrogens with zero attached hydrogens (tertiary/aromatic N) is 2. The lowest BCUT2D eigenvalue weighted by Crippen LogP contribution is -2.37. The molecule has 0 unspecified atom stereocenters. The summed E-state index contributed by atoms with van der Waals surface area (Å²) < 4.78 is 1.14. The van der Waals surface area contributed by atoms with Crippen LogP contribution in [0.15, 0.2) is 45.2 Å². The van der Waals surface area contributed by atoms with Crippen molar-refractivity contribution in [3.63, 3.8) is 0 Å². The summed E-state index contributed by atoms with van der Waals surface area (Å²) in [6.07, 6.45) is 2.93. The molecule has 0 aliphatic rings. The molecule has 118 valence electrons. The Balaban J connectivity index is 1.63. The minimum atomic E-state index is 0.787. The molecule has 0 aliphatic heterocycles. The van der Waals surface area contributed by atoms with E-state index in [0.29, 0.717) is 0 Å². The maximum Gasteiger partial charge on any atom is 0.191 e. The zero-order chi connectivity index (χ0) is 15.6. The van der Waals surface area contributed by atoms with Crippen LogP contribution in [0.2, 0.25) is 0 Å². The number of hydrogen-bond donors (Lipinski definition) is 2. The molecule has 6 heteroatoms. The molecule has 2 aromatic rings. The van der Waals surface area contributed by atoms with Crippen LogP contribution in [0.1, 0.15) is 17.5 Å². The number of hydrogen-bond acceptors (Lipinski definition) is 4. The van der Waals surface area contributed by atoms with Crippen molar-refractivity contribution in [3.05, 3.63) is 47.0 Å². The summed E-state index contributed by atoms with van der Waals surface area (Å²) in [7, 11) is 1.80. The molecule has 1 aromatic heterocycles. The van der Waals surface area contributed by atoms with E-state index in [0.717, 1.165) is 35.6 Å². The summed E-state index contributed by atoms with van der Waals surface area (Å²) in [5, 5.41) is 8.69. The summed E-state index contributed by atoms with van der Waals surface area (Å²) in [6, 6.07) is 8.50. The average molecular weight is 335 g/mol. The van der Waals surface area contributed by atoms with Crippen LogP contribution in [0.25, 0.3) is 0 Å². The van der Waals surface area contributed by atoms with Crippen LogP contribution in [-0.4, -0.2) is 30.3 Å². The van der Waals surface area contributed by atoms with E-state index in [2.05, 4.69) is 51.8 Å². The summed E-state index contributed by atoms with van der Waals surface area (Å²) >= 11 is 3.50. The molecular formula is C16H22N4S2. The lowest BCUT2D eigenvalue weighted by Gasteiger charge is -2.12. The largest absolute Gasteiger partial charge is 0.356 e. The first-order chi connectivity index (χ1) is 10.8. The van der Waals surface area contributed by atoms with Crippen molar-refractivity contribution >= 4 is 29.1 Å². The Morgan fingerprint density at radius 3 is 3.00 bits per heavy atom. The van der Waals surface area contributed by atoms with E-state index in [4.69, 9.17) is 0 Å². The van der Waals surface area contributed by atoms with Gasteiger partial charge in [-0.1, -0.05) is 41.6 Å². The molecule has 0 aliphatic carbocycles. The van der Waals surface area contributed by atoms with Crippen molar-refractivity contribution in [1.82, 2.24) is 15.6 Å². The zero-order valence-corrected chi connectivity index (χ0v) is 14.6. The highest BCUT2D eigenvalue weighted by molar-refractivity contribution is 8.00. The maximum absolute atomic E-state index is 4.26. The molecule has 0 saturated heterocycles. The predicted molar refractivity (Wildman–Crippen MR) is 96.8 cm³/mol. The van der Waals surface area contributed by atoms with Crippen LogP contribution in [0, 0.1) is 6.92 Å². The first-order valence-corrected chi connectivity index (χ1v) is 9.17. The number of rotatable bonds is 7. The highest BCUT2D eigenvalue weighted by Crippen LogP contribution is 2.20. The minimum Gasteiger partial charge on any atom is -0.356 e. The first-order valence-electron chi connectivity index (χ1n) is 7.30. The van der Waals surface area contributed by atoms with E-state index < -0.39 is 0 Å². The standard InChI is InChI=1S/C16H22N4S2/c1-13-5-3-6-14(11-13)12-20-15(17-2)18-7-4-9-21-16-19-8-10-22-16/h3,5-6,8,10-11H,4,7,9,12H2,1-2H3,(H2,17,18,20). The number of benzene rings is 1. The van der Waals surface area contributed by atoms with Gasteiger partial charge in [-0.3, -0.25) is 4.99 Å². The number of nitrogens with one attached hydrogen (secondary N) is 2. The van der Waals surface area contributed by atoms with E-state index in [-0.39, 0.29) is 0 Å². The third-order valence-electron chi connectivity index (χ3n) is 3.01. The predicted octanol–water partition coefficient (Wildman–Crippen LogP) is 3.30. The molecule has 0 amide bonds. The van der Waals surface area contributed by atoms with E-state index in [1.54, 1.807) is 30.1 Å². The Hall–Kier alpha value is -1.53. The van der Waals surface area contributed by atoms with Gasteiger partial charge >= 0.3 is 0 Å². The Bertz CT molecular complexity index is 582. The molecule has 0 saturated carbocycles. The third-order valence-corrected chi connectivity index (χ3v) is 5.07. The number of guanidine groups is 1. The van der Waals surface area contributed by atoms with E-state index in [1.807, 2.05) is 11.6 Å². The summed E-state index contributed by atoms with van der Waals surface area (Å²) in [4.78, 5) is 8.51. The molecule has 0 fully saturated rings. The van der Waals surface area contributed by atoms with Gasteiger partial charge in [-0.2, -0.15) is 0 Å². The van der Waals surface area contributed by atoms with Crippen LogP contribution in [0.4, 0.5) is 0 Å². The zero-order valence-electron chi connectivity index (χ0n) is 13.0. The second-order valence-electron chi connectivity index (χ2n) is 4.84. The fourth-order valence-corrected chi connectivity index (χ4v) is 3.60. The van der Waals surface area contributed by atoms with Gasteiger partial charge in [0, 0.05) is 37.5 Å². The van der Waals surface area contributed by atoms with Gasteiger partial charge in [0.2, 0.25) is 0 Å². The third kappa shape index (κ3) is 6.07. The van der Waals surface area contributed by atoms with Gasteiger partial charge in [-0.25, -0.2) is 4.98 Å². The normalized spacial score (nSPS) is 11.5. The molecule has 2 rings (SSSR count). The van der Waals surface area contributed by atoms with Gasteiger partial charge in [0.1, 0.15) is 4.34 Å². The van der Waals surface area contributed by atoms with Crippen LogP contribution in [-0.2, 0) is 6.54 Å². The topological polar surface area (TPSA) is 49.3 Å². The molecule has 22 heavy (non-hydrogen) atoms. The number of aliphatic imine (C=N–C) groups is 1. The lowest BCUT2D eigenvalue weighted by molar-refractivity contribution is 0.785. The average Bonchev–Trinajstić information content (AvgIpc) is 3.03. The Morgan fingerprint density at radius 1 is 1.36 bits per heavy atom. The van der Waals surface area contributed by atoms with Crippen molar-refractivity contribution in [2.75, 3.05) is 19.3 Å². The van der Waals surface area contributed by atoms with Crippen molar-refractivity contribution in [1.29, 1.82) is 0 Å². The first kappa shape index (κ1) is 16.8. The molecule has 1 aromatic carbocycles. The van der Waals surface area contributed by atoms with Crippen LogP contribution in [0.3, 0.4) is 0 Å². The van der Waals surface area contributed by atoms with Crippen molar-refractivity contribution in [2.45, 2.75) is 24.2 Å². The second kappa shape index (κ2) is 9.48. The fourth-order valence-electron chi connectivity index (χ4n) is 1.95. The van der Waals surface area contributed by atoms with Gasteiger partial charge in [0.05, 0.1) is 0 Å². The van der Waals surface area contributed by atoms with Gasteiger partial charge in [0.15, 0.2) is 5.96 Å². The lowest BCUT2D eigenvalue weighted by atomic mass is 10.1. The van der Waals surface area contributed by atoms with Crippen molar-refractivity contribution in [2.24, 2.45) is 4.99 Å². The molecule has 0 atom stereocenters. The summed E-state index contributed by atoms with van der Waals surface area (Å²) in [6.45, 7) is 3.80. The summed E-state index contributed by atoms with van der Waals surface area (Å²) in [5.41, 5.74) is 2.55. The van der Waals surface area contributed by atoms with Gasteiger partial charge in [0.25, 0.3) is 0 Å². The second-order valence-corrected chi connectivity index (χ2v) is 7.08. The van der Waals surface area contributed by atoms with Crippen LogP contribution < -0.4 is 10.6 Å². The molecule has 0 bridgehead atoms. The van der Waals surface area contributed by atoms with E-state index in [9.17, 15) is 0 Å². The number of thioether (sulfide) groups is 1. The number of thiazole rings is 1. The van der Waals surface area contributed by atoms with Gasteiger partial charge < -0.3 is 10.6 Å². The Kier molecular flexibility index (Phi) is 7.25. The Morgan fingerprint density at radius 2 is 2.27 bits per heavy atom. The monoisotopic (exact) mass is 334 g/mol. The van der Waals surface area contributed by atoms with Crippen molar-refractivity contribution < 1.29 is 0 Å². The van der Waals surface area contributed by atoms with Gasteiger partial charge in [-0.15, -0.1) is 11.3 Å². The number of aryl methyl sites for hydroxylation is 1. The van der Waals surface area contributed by atoms with Crippen molar-refractivity contribution in [3.8, 4) is 0 Å². The quantitative estimate of drug-likeness (QED) is 0.353. The maximum atomic E-state index is 4.26. The molecule has 1 heterocycles. The smallest absolute Gasteiger partial charge is 0.191 e. The molecule has 2 N–H and O–H groups in total. The van der Waals surface area contributed by atoms with Gasteiger partial charge in [-0.05, 0) is 18.9 Å². The minimum absolute atomic E-state index is 0.787. The van der Waals surface area contributed by atoms with E-state index in [1.165, 1.54) is 11.1 Å². The fraction of sp³-hybridized carbons (Fsp3) is 0.375.